The molecule has 0 spiro atoms. The lowest BCUT2D eigenvalue weighted by molar-refractivity contribution is 0.283. The van der Waals surface area contributed by atoms with Gasteiger partial charge in [-0.1, -0.05) is 44.4 Å². The molecule has 25 heavy (non-hydrogen) atoms. The molecule has 1 saturated carbocycles. The third-order valence-electron chi connectivity index (χ3n) is 5.46. The minimum Gasteiger partial charge on any atom is -0.204 e. The Morgan fingerprint density at radius 1 is 1.00 bits per heavy atom. The van der Waals surface area contributed by atoms with E-state index in [2.05, 4.69) is 19.9 Å². The van der Waals surface area contributed by atoms with Gasteiger partial charge in [-0.2, -0.15) is 0 Å². The Morgan fingerprint density at radius 2 is 1.60 bits per heavy atom. The molecule has 0 unspecified atom stereocenters. The van der Waals surface area contributed by atoms with E-state index in [9.17, 15) is 13.2 Å². The molecule has 3 heteroatoms. The largest absolute Gasteiger partial charge is 0.204 e. The second kappa shape index (κ2) is 9.26. The molecule has 138 valence electrons. The van der Waals surface area contributed by atoms with Gasteiger partial charge in [-0.25, -0.2) is 13.2 Å². The van der Waals surface area contributed by atoms with Crippen molar-refractivity contribution >= 4 is 5.57 Å². The second-order valence-electron chi connectivity index (χ2n) is 7.21. The Labute approximate surface area is 149 Å². The Hall–Kier alpha value is -1.51. The molecule has 0 atom stereocenters. The molecule has 0 N–H and O–H groups in total. The van der Waals surface area contributed by atoms with E-state index < -0.39 is 17.5 Å². The summed E-state index contributed by atoms with van der Waals surface area (Å²) in [4.78, 5) is 0. The lowest BCUT2D eigenvalue weighted by atomic mass is 9.76. The highest BCUT2D eigenvalue weighted by Gasteiger charge is 2.22. The summed E-state index contributed by atoms with van der Waals surface area (Å²) in [5.74, 6) is -2.20. The number of hydrogen-bond donors (Lipinski definition) is 0. The first-order chi connectivity index (χ1) is 12.0. The fourth-order valence-electron chi connectivity index (χ4n) is 3.88. The molecule has 0 aliphatic heterocycles. The zero-order chi connectivity index (χ0) is 18.4. The molecule has 0 nitrogen and oxygen atoms in total. The smallest absolute Gasteiger partial charge is 0.194 e. The molecule has 1 aromatic rings. The van der Waals surface area contributed by atoms with Crippen molar-refractivity contribution in [3.8, 4) is 0 Å². The summed E-state index contributed by atoms with van der Waals surface area (Å²) in [7, 11) is 0. The molecule has 2 rings (SSSR count). The molecule has 1 aliphatic carbocycles. The summed E-state index contributed by atoms with van der Waals surface area (Å²) in [5.41, 5.74) is 2.52. The highest BCUT2D eigenvalue weighted by atomic mass is 19.2. The van der Waals surface area contributed by atoms with Gasteiger partial charge in [0.15, 0.2) is 17.5 Å². The number of benzene rings is 1. The van der Waals surface area contributed by atoms with E-state index >= 15 is 0 Å². The van der Waals surface area contributed by atoms with Crippen molar-refractivity contribution in [1.29, 1.82) is 0 Å². The van der Waals surface area contributed by atoms with Gasteiger partial charge in [-0.15, -0.1) is 0 Å². The first-order valence-corrected chi connectivity index (χ1v) is 9.48. The van der Waals surface area contributed by atoms with Crippen LogP contribution in [0.1, 0.15) is 71.3 Å². The van der Waals surface area contributed by atoms with Crippen LogP contribution in [-0.4, -0.2) is 0 Å². The Balaban J connectivity index is 2.10. The van der Waals surface area contributed by atoms with E-state index in [-0.39, 0.29) is 0 Å². The van der Waals surface area contributed by atoms with Gasteiger partial charge in [-0.05, 0) is 74.1 Å². The number of allylic oxidation sites excluding steroid dienone is 4. The Morgan fingerprint density at radius 3 is 2.12 bits per heavy atom. The summed E-state index contributed by atoms with van der Waals surface area (Å²) in [6, 6.07) is 2.11. The maximum Gasteiger partial charge on any atom is 0.194 e. The average molecular weight is 350 g/mol. The molecule has 0 heterocycles. The normalized spacial score (nSPS) is 22.3. The second-order valence-corrected chi connectivity index (χ2v) is 7.21. The van der Waals surface area contributed by atoms with Gasteiger partial charge in [0.25, 0.3) is 0 Å². The van der Waals surface area contributed by atoms with Crippen LogP contribution in [0.2, 0.25) is 0 Å². The highest BCUT2D eigenvalue weighted by molar-refractivity contribution is 5.65. The molecule has 0 amide bonds. The quantitative estimate of drug-likeness (QED) is 0.369. The highest BCUT2D eigenvalue weighted by Crippen LogP contribution is 2.36. The van der Waals surface area contributed by atoms with Crippen molar-refractivity contribution in [2.75, 3.05) is 0 Å². The van der Waals surface area contributed by atoms with E-state index in [0.29, 0.717) is 11.5 Å². The molecular formula is C22H29F3. The fourth-order valence-corrected chi connectivity index (χ4v) is 3.88. The predicted molar refractivity (Wildman–Crippen MR) is 98.7 cm³/mol. The summed E-state index contributed by atoms with van der Waals surface area (Å²) in [5, 5.41) is 0. The van der Waals surface area contributed by atoms with Gasteiger partial charge in [-0.3, -0.25) is 0 Å². The minimum atomic E-state index is -1.41. The molecule has 0 aromatic heterocycles. The molecule has 0 radical (unpaired) electrons. The topological polar surface area (TPSA) is 0 Å². The zero-order valence-corrected chi connectivity index (χ0v) is 15.5. The standard InChI is InChI=1S/C22H29F3/c1-4-6-16-8-11-18(12-9-16)17(5-2)10-7-15(3)19-13-20(23)22(25)21(24)14-19/h7,10,13-14,16,18H,4-6,8-9,11-12H2,1-3H3/b15-7+,17-10+. The van der Waals surface area contributed by atoms with Crippen LogP contribution >= 0.6 is 0 Å². The molecule has 1 fully saturated rings. The molecular weight excluding hydrogens is 321 g/mol. The van der Waals surface area contributed by atoms with Crippen LogP contribution in [-0.2, 0) is 0 Å². The van der Waals surface area contributed by atoms with E-state index in [1.165, 1.54) is 44.1 Å². The van der Waals surface area contributed by atoms with Gasteiger partial charge >= 0.3 is 0 Å². The SMILES string of the molecule is CCCC1CCC(/C(=C/C=C(\C)c2cc(F)c(F)c(F)c2)CC)CC1. The van der Waals surface area contributed by atoms with Gasteiger partial charge in [0.05, 0.1) is 0 Å². The van der Waals surface area contributed by atoms with E-state index in [1.54, 1.807) is 6.92 Å². The van der Waals surface area contributed by atoms with Crippen molar-refractivity contribution in [2.24, 2.45) is 11.8 Å². The molecule has 1 aromatic carbocycles. The van der Waals surface area contributed by atoms with E-state index in [1.807, 2.05) is 6.08 Å². The van der Waals surface area contributed by atoms with Crippen LogP contribution in [0, 0.1) is 29.3 Å². The fraction of sp³-hybridized carbons (Fsp3) is 0.545. The van der Waals surface area contributed by atoms with E-state index in [0.717, 1.165) is 30.0 Å². The Bertz CT molecular complexity index is 612. The van der Waals surface area contributed by atoms with Crippen LogP contribution in [0.3, 0.4) is 0 Å². The van der Waals surface area contributed by atoms with Crippen LogP contribution in [0.25, 0.3) is 5.57 Å². The third-order valence-corrected chi connectivity index (χ3v) is 5.46. The number of rotatable bonds is 6. The van der Waals surface area contributed by atoms with Crippen LogP contribution in [0.4, 0.5) is 13.2 Å². The number of hydrogen-bond acceptors (Lipinski definition) is 0. The summed E-state index contributed by atoms with van der Waals surface area (Å²) in [6.45, 7) is 6.20. The molecule has 0 saturated heterocycles. The van der Waals surface area contributed by atoms with Crippen LogP contribution < -0.4 is 0 Å². The zero-order valence-electron chi connectivity index (χ0n) is 15.5. The number of halogens is 3. The summed E-state index contributed by atoms with van der Waals surface area (Å²) >= 11 is 0. The lowest BCUT2D eigenvalue weighted by Crippen LogP contribution is -2.16. The average Bonchev–Trinajstić information content (AvgIpc) is 2.61. The first-order valence-electron chi connectivity index (χ1n) is 9.48. The first kappa shape index (κ1) is 19.8. The Kier molecular flexibility index (Phi) is 7.34. The monoisotopic (exact) mass is 350 g/mol. The maximum atomic E-state index is 13.4. The molecule has 1 aliphatic rings. The molecule has 0 bridgehead atoms. The van der Waals surface area contributed by atoms with Crippen LogP contribution in [0.5, 0.6) is 0 Å². The summed E-state index contributed by atoms with van der Waals surface area (Å²) in [6.07, 6.45) is 12.6. The van der Waals surface area contributed by atoms with Crippen LogP contribution in [0.15, 0.2) is 29.9 Å². The van der Waals surface area contributed by atoms with Gasteiger partial charge in [0, 0.05) is 0 Å². The van der Waals surface area contributed by atoms with Gasteiger partial charge < -0.3 is 0 Å². The van der Waals surface area contributed by atoms with E-state index in [4.69, 9.17) is 0 Å². The third kappa shape index (κ3) is 5.23. The van der Waals surface area contributed by atoms with Crippen molar-refractivity contribution in [3.63, 3.8) is 0 Å². The lowest BCUT2D eigenvalue weighted by Gasteiger charge is -2.29. The predicted octanol–water partition coefficient (Wildman–Crippen LogP) is 7.45. The minimum absolute atomic E-state index is 0.384. The van der Waals surface area contributed by atoms with Crippen molar-refractivity contribution in [1.82, 2.24) is 0 Å². The van der Waals surface area contributed by atoms with Crippen molar-refractivity contribution < 1.29 is 13.2 Å². The van der Waals surface area contributed by atoms with Crippen molar-refractivity contribution in [3.05, 3.63) is 52.9 Å². The van der Waals surface area contributed by atoms with Crippen molar-refractivity contribution in [2.45, 2.75) is 65.7 Å². The van der Waals surface area contributed by atoms with Gasteiger partial charge in [0.2, 0.25) is 0 Å². The maximum absolute atomic E-state index is 13.4. The summed E-state index contributed by atoms with van der Waals surface area (Å²) < 4.78 is 39.9. The van der Waals surface area contributed by atoms with Gasteiger partial charge in [0.1, 0.15) is 0 Å².